The fraction of sp³-hybridized carbons (Fsp3) is 0.300. The predicted molar refractivity (Wildman–Crippen MR) is 58.3 cm³/mol. The highest BCUT2D eigenvalue weighted by atomic mass is 19.2. The summed E-state index contributed by atoms with van der Waals surface area (Å²) in [5.41, 5.74) is -1.29. The number of nitro benzene ring substituents is 1. The fourth-order valence-electron chi connectivity index (χ4n) is 1.39. The van der Waals surface area contributed by atoms with Crippen LogP contribution in [0, 0.1) is 21.7 Å². The van der Waals surface area contributed by atoms with E-state index in [4.69, 9.17) is 5.11 Å². The number of carboxylic acids is 1. The van der Waals surface area contributed by atoms with Crippen molar-refractivity contribution in [2.75, 3.05) is 5.32 Å². The van der Waals surface area contributed by atoms with E-state index >= 15 is 0 Å². The van der Waals surface area contributed by atoms with Gasteiger partial charge in [-0.05, 0) is 13.0 Å². The van der Waals surface area contributed by atoms with Gasteiger partial charge in [0.05, 0.1) is 11.3 Å². The van der Waals surface area contributed by atoms with Gasteiger partial charge in [-0.15, -0.1) is 0 Å². The zero-order valence-electron chi connectivity index (χ0n) is 9.31. The fourth-order valence-corrected chi connectivity index (χ4v) is 1.39. The highest BCUT2D eigenvalue weighted by Crippen LogP contribution is 2.29. The Morgan fingerprint density at radius 3 is 2.67 bits per heavy atom. The first-order valence-corrected chi connectivity index (χ1v) is 4.93. The molecule has 1 aromatic carbocycles. The molecule has 0 aliphatic heterocycles. The average molecular weight is 260 g/mol. The summed E-state index contributed by atoms with van der Waals surface area (Å²) in [5.74, 6) is -3.80. The van der Waals surface area contributed by atoms with Gasteiger partial charge in [0.1, 0.15) is 0 Å². The quantitative estimate of drug-likeness (QED) is 0.625. The van der Waals surface area contributed by atoms with Crippen molar-refractivity contribution < 1.29 is 23.6 Å². The molecule has 0 bridgehead atoms. The Balaban J connectivity index is 3.09. The van der Waals surface area contributed by atoms with Gasteiger partial charge in [-0.1, -0.05) is 0 Å². The molecule has 1 rings (SSSR count). The van der Waals surface area contributed by atoms with Gasteiger partial charge < -0.3 is 10.4 Å². The van der Waals surface area contributed by atoms with E-state index in [0.717, 1.165) is 6.07 Å². The number of nitro groups is 1. The number of nitrogens with one attached hydrogen (secondary N) is 1. The lowest BCUT2D eigenvalue weighted by Gasteiger charge is -2.13. The van der Waals surface area contributed by atoms with Crippen LogP contribution in [0.5, 0.6) is 0 Å². The molecule has 98 valence electrons. The van der Waals surface area contributed by atoms with Crippen LogP contribution in [0.2, 0.25) is 0 Å². The Labute approximate surface area is 100 Å². The second kappa shape index (κ2) is 5.39. The predicted octanol–water partition coefficient (Wildman–Crippen LogP) is 2.15. The number of carbonyl (C=O) groups is 1. The van der Waals surface area contributed by atoms with Gasteiger partial charge in [-0.3, -0.25) is 14.9 Å². The molecule has 18 heavy (non-hydrogen) atoms. The smallest absolute Gasteiger partial charge is 0.305 e. The number of hydrogen-bond donors (Lipinski definition) is 2. The molecule has 0 spiro atoms. The molecule has 1 unspecified atom stereocenters. The van der Waals surface area contributed by atoms with Crippen LogP contribution in [0.4, 0.5) is 20.2 Å². The van der Waals surface area contributed by atoms with E-state index < -0.39 is 39.9 Å². The molecular formula is C10H10F2N2O4. The van der Waals surface area contributed by atoms with Crippen molar-refractivity contribution in [3.63, 3.8) is 0 Å². The van der Waals surface area contributed by atoms with E-state index in [1.54, 1.807) is 0 Å². The molecule has 2 N–H and O–H groups in total. The molecule has 0 aliphatic rings. The first-order valence-electron chi connectivity index (χ1n) is 4.93. The van der Waals surface area contributed by atoms with Gasteiger partial charge in [-0.25, -0.2) is 8.78 Å². The molecule has 0 amide bonds. The van der Waals surface area contributed by atoms with Crippen molar-refractivity contribution in [1.82, 2.24) is 0 Å². The summed E-state index contributed by atoms with van der Waals surface area (Å²) in [5, 5.41) is 21.5. The van der Waals surface area contributed by atoms with Gasteiger partial charge in [0, 0.05) is 12.1 Å². The van der Waals surface area contributed by atoms with Crippen LogP contribution in [0.1, 0.15) is 13.3 Å². The van der Waals surface area contributed by atoms with Crippen LogP contribution in [0.3, 0.4) is 0 Å². The summed E-state index contributed by atoms with van der Waals surface area (Å²) in [7, 11) is 0. The van der Waals surface area contributed by atoms with Crippen molar-refractivity contribution in [1.29, 1.82) is 0 Å². The van der Waals surface area contributed by atoms with Crippen LogP contribution in [-0.4, -0.2) is 22.0 Å². The minimum Gasteiger partial charge on any atom is -0.481 e. The summed E-state index contributed by atoms with van der Waals surface area (Å²) >= 11 is 0. The van der Waals surface area contributed by atoms with Crippen molar-refractivity contribution in [2.45, 2.75) is 19.4 Å². The van der Waals surface area contributed by atoms with E-state index in [9.17, 15) is 23.7 Å². The second-order valence-corrected chi connectivity index (χ2v) is 3.66. The number of nitrogens with zero attached hydrogens (tertiary/aromatic N) is 1. The molecule has 0 saturated heterocycles. The van der Waals surface area contributed by atoms with E-state index in [0.29, 0.717) is 6.07 Å². The molecular weight excluding hydrogens is 250 g/mol. The highest BCUT2D eigenvalue weighted by Gasteiger charge is 2.23. The molecule has 0 saturated carbocycles. The first kappa shape index (κ1) is 13.8. The maximum Gasteiger partial charge on any atom is 0.305 e. The van der Waals surface area contributed by atoms with E-state index in [1.165, 1.54) is 6.92 Å². The summed E-state index contributed by atoms with van der Waals surface area (Å²) < 4.78 is 26.4. The number of hydrogen-bond acceptors (Lipinski definition) is 4. The third kappa shape index (κ3) is 3.12. The van der Waals surface area contributed by atoms with Gasteiger partial charge >= 0.3 is 5.97 Å². The molecule has 0 aliphatic carbocycles. The van der Waals surface area contributed by atoms with Gasteiger partial charge in [0.2, 0.25) is 0 Å². The van der Waals surface area contributed by atoms with E-state index in [1.807, 2.05) is 0 Å². The number of anilines is 1. The van der Waals surface area contributed by atoms with Crippen molar-refractivity contribution >= 4 is 17.3 Å². The molecule has 1 atom stereocenters. The lowest BCUT2D eigenvalue weighted by Crippen LogP contribution is -2.21. The molecule has 1 aromatic rings. The Morgan fingerprint density at radius 2 is 2.17 bits per heavy atom. The maximum atomic E-state index is 13.4. The van der Waals surface area contributed by atoms with E-state index in [-0.39, 0.29) is 6.42 Å². The van der Waals surface area contributed by atoms with E-state index in [2.05, 4.69) is 5.32 Å². The number of halogens is 2. The number of carboxylic acid groups (broad SMARTS) is 1. The minimum absolute atomic E-state index is 0.382. The topological polar surface area (TPSA) is 92.5 Å². The number of benzene rings is 1. The number of aliphatic carboxylic acids is 1. The van der Waals surface area contributed by atoms with Crippen molar-refractivity contribution in [2.24, 2.45) is 0 Å². The molecule has 0 fully saturated rings. The zero-order valence-corrected chi connectivity index (χ0v) is 9.31. The number of rotatable bonds is 5. The summed E-state index contributed by atoms with van der Waals surface area (Å²) in [6.45, 7) is 1.39. The molecule has 0 aromatic heterocycles. The molecule has 0 radical (unpaired) electrons. The largest absolute Gasteiger partial charge is 0.481 e. The van der Waals surface area contributed by atoms with Crippen molar-refractivity contribution in [3.05, 3.63) is 33.9 Å². The lowest BCUT2D eigenvalue weighted by atomic mass is 10.2. The van der Waals surface area contributed by atoms with Gasteiger partial charge in [0.15, 0.2) is 17.3 Å². The maximum absolute atomic E-state index is 13.4. The zero-order chi connectivity index (χ0) is 13.9. The Bertz CT molecular complexity index is 493. The van der Waals surface area contributed by atoms with Crippen LogP contribution >= 0.6 is 0 Å². The normalized spacial score (nSPS) is 11.9. The highest BCUT2D eigenvalue weighted by molar-refractivity contribution is 5.69. The Kier molecular flexibility index (Phi) is 4.13. The third-order valence-electron chi connectivity index (χ3n) is 2.14. The summed E-state index contributed by atoms with van der Waals surface area (Å²) in [6, 6.07) is 0.673. The molecule has 0 heterocycles. The lowest BCUT2D eigenvalue weighted by molar-refractivity contribution is -0.384. The first-order chi connectivity index (χ1) is 8.32. The van der Waals surface area contributed by atoms with Gasteiger partial charge in [0.25, 0.3) is 5.69 Å². The average Bonchev–Trinajstić information content (AvgIpc) is 2.23. The van der Waals surface area contributed by atoms with Gasteiger partial charge in [-0.2, -0.15) is 0 Å². The van der Waals surface area contributed by atoms with Crippen LogP contribution in [-0.2, 0) is 4.79 Å². The van der Waals surface area contributed by atoms with Crippen LogP contribution in [0.15, 0.2) is 12.1 Å². The van der Waals surface area contributed by atoms with Crippen LogP contribution in [0.25, 0.3) is 0 Å². The summed E-state index contributed by atoms with van der Waals surface area (Å²) in [4.78, 5) is 20.2. The SMILES string of the molecule is CC(CC(=O)O)Nc1c([N+](=O)[O-])ccc(F)c1F. The monoisotopic (exact) mass is 260 g/mol. The third-order valence-corrected chi connectivity index (χ3v) is 2.14. The van der Waals surface area contributed by atoms with Crippen LogP contribution < -0.4 is 5.32 Å². The van der Waals surface area contributed by atoms with Crippen molar-refractivity contribution in [3.8, 4) is 0 Å². The molecule has 6 nitrogen and oxygen atoms in total. The second-order valence-electron chi connectivity index (χ2n) is 3.66. The standard InChI is InChI=1S/C10H10F2N2O4/c1-5(4-8(15)16)13-10-7(14(17)18)3-2-6(11)9(10)12/h2-3,5,13H,4H2,1H3,(H,15,16). The minimum atomic E-state index is -1.40. The molecule has 8 heteroatoms. The Hall–Kier alpha value is -2.25. The Morgan fingerprint density at radius 1 is 1.56 bits per heavy atom. The summed E-state index contributed by atoms with van der Waals surface area (Å²) in [6.07, 6.45) is -0.382.